The van der Waals surface area contributed by atoms with Gasteiger partial charge in [0.05, 0.1) is 20.3 Å². The van der Waals surface area contributed by atoms with Crippen LogP contribution in [-0.2, 0) is 11.3 Å². The van der Waals surface area contributed by atoms with Crippen molar-refractivity contribution in [2.75, 3.05) is 13.7 Å². The number of halogens is 1. The van der Waals surface area contributed by atoms with Gasteiger partial charge >= 0.3 is 0 Å². The molecule has 96 valence electrons. The Bertz CT molecular complexity index is 366. The molecule has 0 fully saturated rings. The van der Waals surface area contributed by atoms with Crippen LogP contribution in [0.25, 0.3) is 0 Å². The molecule has 1 unspecified atom stereocenters. The maximum atomic E-state index is 6.00. The molecule has 0 radical (unpaired) electrons. The number of hydrogen-bond donors (Lipinski definition) is 1. The van der Waals surface area contributed by atoms with E-state index in [4.69, 9.17) is 26.8 Å². The van der Waals surface area contributed by atoms with Gasteiger partial charge in [0.2, 0.25) is 0 Å². The van der Waals surface area contributed by atoms with E-state index in [1.54, 1.807) is 13.2 Å². The zero-order valence-electron chi connectivity index (χ0n) is 10.6. The van der Waals surface area contributed by atoms with Crippen LogP contribution in [0.1, 0.15) is 25.8 Å². The largest absolute Gasteiger partial charge is 0.496 e. The highest BCUT2D eigenvalue weighted by Crippen LogP contribution is 2.23. The van der Waals surface area contributed by atoms with E-state index >= 15 is 0 Å². The second-order valence-electron chi connectivity index (χ2n) is 4.46. The second-order valence-corrected chi connectivity index (χ2v) is 4.89. The Morgan fingerprint density at radius 3 is 2.71 bits per heavy atom. The van der Waals surface area contributed by atoms with Crippen LogP contribution in [0.2, 0.25) is 5.02 Å². The fourth-order valence-corrected chi connectivity index (χ4v) is 1.55. The van der Waals surface area contributed by atoms with Crippen LogP contribution >= 0.6 is 11.6 Å². The standard InChI is InChI=1S/C13H20ClNO2/c1-4-13(2,15)9-17-8-10-7-11(14)5-6-12(10)16-3/h5-7H,4,8-9,15H2,1-3H3. The minimum absolute atomic E-state index is 0.286. The zero-order valence-corrected chi connectivity index (χ0v) is 11.4. The predicted molar refractivity (Wildman–Crippen MR) is 70.5 cm³/mol. The summed E-state index contributed by atoms with van der Waals surface area (Å²) in [6, 6.07) is 5.48. The van der Waals surface area contributed by atoms with Crippen molar-refractivity contribution >= 4 is 11.6 Å². The van der Waals surface area contributed by atoms with E-state index < -0.39 is 0 Å². The average Bonchev–Trinajstić information content (AvgIpc) is 2.29. The highest BCUT2D eigenvalue weighted by Gasteiger charge is 2.16. The topological polar surface area (TPSA) is 44.5 Å². The Hall–Kier alpha value is -0.770. The number of benzene rings is 1. The van der Waals surface area contributed by atoms with E-state index in [0.717, 1.165) is 17.7 Å². The number of hydrogen-bond acceptors (Lipinski definition) is 3. The van der Waals surface area contributed by atoms with Crippen LogP contribution in [0, 0.1) is 0 Å². The third kappa shape index (κ3) is 4.54. The van der Waals surface area contributed by atoms with Gasteiger partial charge in [-0.2, -0.15) is 0 Å². The number of methoxy groups -OCH3 is 1. The fraction of sp³-hybridized carbons (Fsp3) is 0.538. The van der Waals surface area contributed by atoms with Crippen LogP contribution < -0.4 is 10.5 Å². The van der Waals surface area contributed by atoms with Crippen molar-refractivity contribution in [3.8, 4) is 5.75 Å². The van der Waals surface area contributed by atoms with E-state index in [9.17, 15) is 0 Å². The van der Waals surface area contributed by atoms with Crippen LogP contribution in [0.5, 0.6) is 5.75 Å². The summed E-state index contributed by atoms with van der Waals surface area (Å²) in [6.45, 7) is 4.99. The van der Waals surface area contributed by atoms with E-state index in [0.29, 0.717) is 18.2 Å². The number of rotatable bonds is 6. The van der Waals surface area contributed by atoms with E-state index in [-0.39, 0.29) is 5.54 Å². The molecule has 0 aliphatic carbocycles. The van der Waals surface area contributed by atoms with Crippen LogP contribution in [0.15, 0.2) is 18.2 Å². The normalized spacial score (nSPS) is 14.4. The maximum absolute atomic E-state index is 6.00. The van der Waals surface area contributed by atoms with Gasteiger partial charge in [0, 0.05) is 16.1 Å². The van der Waals surface area contributed by atoms with Crippen molar-refractivity contribution in [1.82, 2.24) is 0 Å². The average molecular weight is 258 g/mol. The highest BCUT2D eigenvalue weighted by atomic mass is 35.5. The van der Waals surface area contributed by atoms with Crippen LogP contribution in [0.3, 0.4) is 0 Å². The maximum Gasteiger partial charge on any atom is 0.124 e. The van der Waals surface area contributed by atoms with Crippen molar-refractivity contribution in [3.05, 3.63) is 28.8 Å². The second kappa shape index (κ2) is 6.24. The Kier molecular flexibility index (Phi) is 5.25. The van der Waals surface area contributed by atoms with Gasteiger partial charge in [-0.25, -0.2) is 0 Å². The summed E-state index contributed by atoms with van der Waals surface area (Å²) in [5, 5.41) is 0.676. The Labute approximate surface area is 108 Å². The molecule has 17 heavy (non-hydrogen) atoms. The molecule has 0 saturated heterocycles. The molecule has 0 aliphatic heterocycles. The van der Waals surface area contributed by atoms with Crippen molar-refractivity contribution in [2.24, 2.45) is 5.73 Å². The van der Waals surface area contributed by atoms with Gasteiger partial charge in [0.15, 0.2) is 0 Å². The van der Waals surface area contributed by atoms with Gasteiger partial charge in [-0.3, -0.25) is 0 Å². The predicted octanol–water partition coefficient (Wildman–Crippen LogP) is 2.99. The Morgan fingerprint density at radius 2 is 2.12 bits per heavy atom. The third-order valence-electron chi connectivity index (χ3n) is 2.74. The fourth-order valence-electron chi connectivity index (χ4n) is 1.36. The molecule has 0 aromatic heterocycles. The van der Waals surface area contributed by atoms with E-state index in [2.05, 4.69) is 0 Å². The molecule has 4 heteroatoms. The third-order valence-corrected chi connectivity index (χ3v) is 2.97. The summed E-state index contributed by atoms with van der Waals surface area (Å²) >= 11 is 5.93. The minimum Gasteiger partial charge on any atom is -0.496 e. The molecule has 0 spiro atoms. The quantitative estimate of drug-likeness (QED) is 0.852. The first kappa shape index (κ1) is 14.3. The van der Waals surface area contributed by atoms with Gasteiger partial charge in [-0.15, -0.1) is 0 Å². The summed E-state index contributed by atoms with van der Waals surface area (Å²) in [6.07, 6.45) is 0.875. The van der Waals surface area contributed by atoms with Gasteiger partial charge in [0.25, 0.3) is 0 Å². The van der Waals surface area contributed by atoms with Gasteiger partial charge in [-0.05, 0) is 31.5 Å². The lowest BCUT2D eigenvalue weighted by Crippen LogP contribution is -2.40. The summed E-state index contributed by atoms with van der Waals surface area (Å²) in [4.78, 5) is 0. The van der Waals surface area contributed by atoms with Crippen molar-refractivity contribution in [2.45, 2.75) is 32.4 Å². The molecule has 1 aromatic rings. The summed E-state index contributed by atoms with van der Waals surface area (Å²) in [5.74, 6) is 0.782. The Balaban J connectivity index is 2.59. The van der Waals surface area contributed by atoms with Crippen molar-refractivity contribution in [1.29, 1.82) is 0 Å². The molecule has 1 atom stereocenters. The minimum atomic E-state index is -0.286. The molecular formula is C13H20ClNO2. The molecule has 0 amide bonds. The van der Waals surface area contributed by atoms with E-state index in [1.165, 1.54) is 0 Å². The lowest BCUT2D eigenvalue weighted by atomic mass is 10.0. The zero-order chi connectivity index (χ0) is 12.9. The number of ether oxygens (including phenoxy) is 2. The van der Waals surface area contributed by atoms with Gasteiger partial charge in [0.1, 0.15) is 5.75 Å². The monoisotopic (exact) mass is 257 g/mol. The summed E-state index contributed by atoms with van der Waals surface area (Å²) in [7, 11) is 1.63. The molecule has 0 aliphatic rings. The first-order valence-corrected chi connectivity index (χ1v) is 6.05. The first-order chi connectivity index (χ1) is 7.98. The Morgan fingerprint density at radius 1 is 1.41 bits per heavy atom. The highest BCUT2D eigenvalue weighted by molar-refractivity contribution is 6.30. The van der Waals surface area contributed by atoms with E-state index in [1.807, 2.05) is 26.0 Å². The van der Waals surface area contributed by atoms with Crippen molar-refractivity contribution < 1.29 is 9.47 Å². The van der Waals surface area contributed by atoms with Crippen molar-refractivity contribution in [3.63, 3.8) is 0 Å². The molecule has 3 nitrogen and oxygen atoms in total. The molecule has 1 rings (SSSR count). The molecular weight excluding hydrogens is 238 g/mol. The molecule has 0 heterocycles. The molecule has 0 saturated carbocycles. The summed E-state index contributed by atoms with van der Waals surface area (Å²) in [5.41, 5.74) is 6.65. The number of nitrogens with two attached hydrogens (primary N) is 1. The molecule has 1 aromatic carbocycles. The van der Waals surface area contributed by atoms with Gasteiger partial charge in [-0.1, -0.05) is 18.5 Å². The van der Waals surface area contributed by atoms with Crippen LogP contribution in [0.4, 0.5) is 0 Å². The van der Waals surface area contributed by atoms with Gasteiger partial charge < -0.3 is 15.2 Å². The lowest BCUT2D eigenvalue weighted by Gasteiger charge is -2.22. The molecule has 0 bridgehead atoms. The lowest BCUT2D eigenvalue weighted by molar-refractivity contribution is 0.0765. The first-order valence-electron chi connectivity index (χ1n) is 5.67. The van der Waals surface area contributed by atoms with Crippen LogP contribution in [-0.4, -0.2) is 19.3 Å². The summed E-state index contributed by atoms with van der Waals surface area (Å²) < 4.78 is 10.8. The smallest absolute Gasteiger partial charge is 0.124 e. The molecule has 2 N–H and O–H groups in total. The SMILES string of the molecule is CCC(C)(N)COCc1cc(Cl)ccc1OC.